The van der Waals surface area contributed by atoms with Gasteiger partial charge in [-0.3, -0.25) is 4.98 Å². The summed E-state index contributed by atoms with van der Waals surface area (Å²) in [7, 11) is 0. The molecule has 120 valence electrons. The van der Waals surface area contributed by atoms with Crippen LogP contribution in [0.1, 0.15) is 5.56 Å². The number of nitrogens with zero attached hydrogens (tertiary/aromatic N) is 1. The number of para-hydroxylation sites is 3. The maximum atomic E-state index is 12.1. The Labute approximate surface area is 140 Å². The van der Waals surface area contributed by atoms with E-state index in [1.165, 1.54) is 0 Å². The van der Waals surface area contributed by atoms with Gasteiger partial charge in [-0.1, -0.05) is 30.3 Å². The Morgan fingerprint density at radius 3 is 2.42 bits per heavy atom. The number of urea groups is 1. The fraction of sp³-hybridized carbons (Fsp3) is 0.0526. The average Bonchev–Trinajstić information content (AvgIpc) is 2.63. The molecule has 0 atom stereocenters. The van der Waals surface area contributed by atoms with Gasteiger partial charge in [0.15, 0.2) is 5.75 Å². The lowest BCUT2D eigenvalue weighted by Crippen LogP contribution is -2.28. The second kappa shape index (κ2) is 7.78. The van der Waals surface area contributed by atoms with Crippen LogP contribution in [-0.4, -0.2) is 11.0 Å². The molecule has 0 bridgehead atoms. The van der Waals surface area contributed by atoms with Gasteiger partial charge < -0.3 is 15.4 Å². The standard InChI is InChI=1S/C19H17N3O2/c23-19(21-14-15-10-12-20-13-11-15)22-17-8-4-5-9-18(17)24-16-6-2-1-3-7-16/h1-13H,14H2,(H2,21,22,23). The summed E-state index contributed by atoms with van der Waals surface area (Å²) in [6, 6.07) is 20.2. The van der Waals surface area contributed by atoms with E-state index in [4.69, 9.17) is 4.74 Å². The number of anilines is 1. The predicted octanol–water partition coefficient (Wildman–Crippen LogP) is 4.20. The smallest absolute Gasteiger partial charge is 0.319 e. The third-order valence-electron chi connectivity index (χ3n) is 3.31. The fourth-order valence-corrected chi connectivity index (χ4v) is 2.12. The number of pyridine rings is 1. The number of hydrogen-bond donors (Lipinski definition) is 2. The second-order valence-corrected chi connectivity index (χ2v) is 5.07. The summed E-state index contributed by atoms with van der Waals surface area (Å²) in [6.07, 6.45) is 3.38. The minimum atomic E-state index is -0.295. The van der Waals surface area contributed by atoms with Crippen LogP contribution in [-0.2, 0) is 6.54 Å². The molecule has 5 heteroatoms. The Bertz CT molecular complexity index is 792. The monoisotopic (exact) mass is 319 g/mol. The highest BCUT2D eigenvalue weighted by Gasteiger charge is 2.08. The van der Waals surface area contributed by atoms with Gasteiger partial charge in [-0.25, -0.2) is 4.79 Å². The van der Waals surface area contributed by atoms with Gasteiger partial charge >= 0.3 is 6.03 Å². The van der Waals surface area contributed by atoms with Crippen molar-refractivity contribution in [2.75, 3.05) is 5.32 Å². The third-order valence-corrected chi connectivity index (χ3v) is 3.31. The normalized spacial score (nSPS) is 10.0. The lowest BCUT2D eigenvalue weighted by molar-refractivity contribution is 0.251. The summed E-state index contributed by atoms with van der Waals surface area (Å²) in [5.74, 6) is 1.30. The van der Waals surface area contributed by atoms with Crippen LogP contribution in [0.15, 0.2) is 79.1 Å². The maximum Gasteiger partial charge on any atom is 0.319 e. The molecule has 0 saturated carbocycles. The number of amides is 2. The molecule has 3 rings (SSSR count). The highest BCUT2D eigenvalue weighted by atomic mass is 16.5. The van der Waals surface area contributed by atoms with Gasteiger partial charge in [-0.15, -0.1) is 0 Å². The summed E-state index contributed by atoms with van der Waals surface area (Å²) in [5.41, 5.74) is 1.59. The molecule has 0 fully saturated rings. The molecular formula is C19H17N3O2. The first-order valence-corrected chi connectivity index (χ1v) is 7.57. The number of hydrogen-bond acceptors (Lipinski definition) is 3. The molecule has 2 amide bonds. The van der Waals surface area contributed by atoms with E-state index < -0.39 is 0 Å². The molecule has 0 aliphatic carbocycles. The molecule has 0 radical (unpaired) electrons. The van der Waals surface area contributed by atoms with E-state index in [0.717, 1.165) is 5.56 Å². The molecule has 5 nitrogen and oxygen atoms in total. The zero-order valence-corrected chi connectivity index (χ0v) is 13.0. The highest BCUT2D eigenvalue weighted by molar-refractivity contribution is 5.90. The van der Waals surface area contributed by atoms with Crippen LogP contribution in [0, 0.1) is 0 Å². The number of rotatable bonds is 5. The van der Waals surface area contributed by atoms with Gasteiger partial charge in [0.05, 0.1) is 5.69 Å². The quantitative estimate of drug-likeness (QED) is 0.741. The van der Waals surface area contributed by atoms with Gasteiger partial charge in [-0.05, 0) is 42.0 Å². The van der Waals surface area contributed by atoms with E-state index in [-0.39, 0.29) is 6.03 Å². The Morgan fingerprint density at radius 1 is 0.917 bits per heavy atom. The van der Waals surface area contributed by atoms with Gasteiger partial charge in [0, 0.05) is 18.9 Å². The van der Waals surface area contributed by atoms with Crippen molar-refractivity contribution in [3.05, 3.63) is 84.7 Å². The van der Waals surface area contributed by atoms with Crippen LogP contribution in [0.4, 0.5) is 10.5 Å². The lowest BCUT2D eigenvalue weighted by atomic mass is 10.2. The van der Waals surface area contributed by atoms with Crippen LogP contribution in [0.2, 0.25) is 0 Å². The van der Waals surface area contributed by atoms with Crippen molar-refractivity contribution < 1.29 is 9.53 Å². The van der Waals surface area contributed by atoms with Crippen LogP contribution < -0.4 is 15.4 Å². The second-order valence-electron chi connectivity index (χ2n) is 5.07. The van der Waals surface area contributed by atoms with Crippen LogP contribution in [0.3, 0.4) is 0 Å². The van der Waals surface area contributed by atoms with E-state index >= 15 is 0 Å². The van der Waals surface area contributed by atoms with Gasteiger partial charge in [0.1, 0.15) is 5.75 Å². The van der Waals surface area contributed by atoms with Gasteiger partial charge in [0.2, 0.25) is 0 Å². The summed E-state index contributed by atoms with van der Waals surface area (Å²) in [4.78, 5) is 16.0. The first-order valence-electron chi connectivity index (χ1n) is 7.57. The number of aromatic nitrogens is 1. The Hall–Kier alpha value is -3.34. The molecule has 24 heavy (non-hydrogen) atoms. The van der Waals surface area contributed by atoms with E-state index in [9.17, 15) is 4.79 Å². The Kier molecular flexibility index (Phi) is 5.04. The number of nitrogens with one attached hydrogen (secondary N) is 2. The van der Waals surface area contributed by atoms with Gasteiger partial charge in [-0.2, -0.15) is 0 Å². The molecule has 1 heterocycles. The molecule has 2 N–H and O–H groups in total. The predicted molar refractivity (Wildman–Crippen MR) is 93.1 cm³/mol. The maximum absolute atomic E-state index is 12.1. The Balaban J connectivity index is 1.63. The summed E-state index contributed by atoms with van der Waals surface area (Å²) < 4.78 is 5.82. The molecule has 0 aliphatic rings. The third kappa shape index (κ3) is 4.33. The van der Waals surface area contributed by atoms with Crippen molar-refractivity contribution >= 4 is 11.7 Å². The molecule has 1 aromatic heterocycles. The summed E-state index contributed by atoms with van der Waals surface area (Å²) in [6.45, 7) is 0.427. The van der Waals surface area contributed by atoms with Crippen molar-refractivity contribution in [2.24, 2.45) is 0 Å². The minimum Gasteiger partial charge on any atom is -0.455 e. The van der Waals surface area contributed by atoms with E-state index in [2.05, 4.69) is 15.6 Å². The molecule has 0 spiro atoms. The molecule has 2 aromatic carbocycles. The van der Waals surface area contributed by atoms with E-state index in [1.807, 2.05) is 60.7 Å². The highest BCUT2D eigenvalue weighted by Crippen LogP contribution is 2.28. The zero-order valence-electron chi connectivity index (χ0n) is 13.0. The van der Waals surface area contributed by atoms with Crippen molar-refractivity contribution in [3.8, 4) is 11.5 Å². The SMILES string of the molecule is O=C(NCc1ccncc1)Nc1ccccc1Oc1ccccc1. The van der Waals surface area contributed by atoms with Crippen LogP contribution in [0.5, 0.6) is 11.5 Å². The molecular weight excluding hydrogens is 302 g/mol. The van der Waals surface area contributed by atoms with Crippen LogP contribution in [0.25, 0.3) is 0 Å². The minimum absolute atomic E-state index is 0.295. The average molecular weight is 319 g/mol. The number of carbonyl (C=O) groups excluding carboxylic acids is 1. The van der Waals surface area contributed by atoms with Crippen molar-refractivity contribution in [3.63, 3.8) is 0 Å². The van der Waals surface area contributed by atoms with Crippen LogP contribution >= 0.6 is 0 Å². The van der Waals surface area contributed by atoms with E-state index in [1.54, 1.807) is 18.5 Å². The molecule has 0 aliphatic heterocycles. The van der Waals surface area contributed by atoms with Gasteiger partial charge in [0.25, 0.3) is 0 Å². The van der Waals surface area contributed by atoms with Crippen molar-refractivity contribution in [2.45, 2.75) is 6.54 Å². The van der Waals surface area contributed by atoms with Crippen molar-refractivity contribution in [1.82, 2.24) is 10.3 Å². The fourth-order valence-electron chi connectivity index (χ4n) is 2.12. The molecule has 3 aromatic rings. The number of benzene rings is 2. The molecule has 0 saturated heterocycles. The first kappa shape index (κ1) is 15.6. The zero-order chi connectivity index (χ0) is 16.6. The number of carbonyl (C=O) groups is 1. The molecule has 0 unspecified atom stereocenters. The first-order chi connectivity index (χ1) is 11.8. The topological polar surface area (TPSA) is 63.2 Å². The largest absolute Gasteiger partial charge is 0.455 e. The number of ether oxygens (including phenoxy) is 1. The summed E-state index contributed by atoms with van der Waals surface area (Å²) >= 11 is 0. The van der Waals surface area contributed by atoms with E-state index in [0.29, 0.717) is 23.7 Å². The van der Waals surface area contributed by atoms with Crippen molar-refractivity contribution in [1.29, 1.82) is 0 Å². The lowest BCUT2D eigenvalue weighted by Gasteiger charge is -2.13. The summed E-state index contributed by atoms with van der Waals surface area (Å²) in [5, 5.41) is 5.62. The Morgan fingerprint density at radius 2 is 1.62 bits per heavy atom.